The van der Waals surface area contributed by atoms with Crippen LogP contribution in [0.2, 0.25) is 0 Å². The van der Waals surface area contributed by atoms with E-state index in [4.69, 9.17) is 0 Å². The van der Waals surface area contributed by atoms with Crippen LogP contribution < -0.4 is 10.6 Å². The molecule has 0 radical (unpaired) electrons. The van der Waals surface area contributed by atoms with Crippen LogP contribution >= 0.6 is 35.7 Å². The van der Waals surface area contributed by atoms with Gasteiger partial charge in [-0.05, 0) is 18.8 Å². The minimum Gasteiger partial charge on any atom is -0.359 e. The molecule has 2 rings (SSSR count). The number of likely N-dealkylation sites (tertiary alicyclic amines) is 1. The molecule has 2 aliphatic rings. The van der Waals surface area contributed by atoms with E-state index in [1.807, 2.05) is 18.8 Å². The van der Waals surface area contributed by atoms with Gasteiger partial charge in [0.15, 0.2) is 5.96 Å². The van der Waals surface area contributed by atoms with Gasteiger partial charge in [0.25, 0.3) is 0 Å². The zero-order valence-electron chi connectivity index (χ0n) is 14.9. The molecular formula is C16H32IN5OS. The molecule has 8 heteroatoms. The molecule has 2 heterocycles. The zero-order valence-corrected chi connectivity index (χ0v) is 18.1. The number of carbonyl (C=O) groups is 1. The number of hydrogen-bond donors (Lipinski definition) is 2. The first-order valence-corrected chi connectivity index (χ1v) is 9.84. The van der Waals surface area contributed by atoms with E-state index >= 15 is 0 Å². The first-order valence-electron chi connectivity index (χ1n) is 8.69. The van der Waals surface area contributed by atoms with Gasteiger partial charge >= 0.3 is 0 Å². The molecular weight excluding hydrogens is 437 g/mol. The van der Waals surface area contributed by atoms with E-state index in [-0.39, 0.29) is 29.9 Å². The summed E-state index contributed by atoms with van der Waals surface area (Å²) in [6, 6.07) is 0. The highest BCUT2D eigenvalue weighted by atomic mass is 127. The number of nitrogens with one attached hydrogen (secondary N) is 2. The summed E-state index contributed by atoms with van der Waals surface area (Å²) in [4.78, 5) is 20.7. The Balaban J connectivity index is 0.00000288. The molecule has 140 valence electrons. The summed E-state index contributed by atoms with van der Waals surface area (Å²) < 4.78 is 0. The SMILES string of the molecule is CN=C(NCCN1CCSCC1)N1CCC(CC(=O)NC)CC1.I. The molecule has 6 nitrogen and oxygen atoms in total. The molecule has 0 aromatic carbocycles. The quantitative estimate of drug-likeness (QED) is 0.359. The lowest BCUT2D eigenvalue weighted by Gasteiger charge is -2.34. The molecule has 0 spiro atoms. The van der Waals surface area contributed by atoms with Gasteiger partial charge in [-0.25, -0.2) is 0 Å². The first-order chi connectivity index (χ1) is 11.2. The van der Waals surface area contributed by atoms with Crippen LogP contribution in [0.5, 0.6) is 0 Å². The second kappa shape index (κ2) is 12.2. The number of halogens is 1. The van der Waals surface area contributed by atoms with Gasteiger partial charge < -0.3 is 15.5 Å². The Kier molecular flexibility index (Phi) is 11.1. The fourth-order valence-corrected chi connectivity index (χ4v) is 4.17. The van der Waals surface area contributed by atoms with Crippen molar-refractivity contribution in [1.82, 2.24) is 20.4 Å². The lowest BCUT2D eigenvalue weighted by molar-refractivity contribution is -0.121. The van der Waals surface area contributed by atoms with Gasteiger partial charge in [-0.3, -0.25) is 14.7 Å². The smallest absolute Gasteiger partial charge is 0.220 e. The first kappa shape index (κ1) is 21.8. The molecule has 24 heavy (non-hydrogen) atoms. The predicted molar refractivity (Wildman–Crippen MR) is 114 cm³/mol. The van der Waals surface area contributed by atoms with Gasteiger partial charge in [-0.1, -0.05) is 0 Å². The molecule has 0 aromatic heterocycles. The lowest BCUT2D eigenvalue weighted by atomic mass is 9.93. The number of amides is 1. The minimum absolute atomic E-state index is 0. The molecule has 2 aliphatic heterocycles. The van der Waals surface area contributed by atoms with Crippen LogP contribution in [0.3, 0.4) is 0 Å². The largest absolute Gasteiger partial charge is 0.359 e. The van der Waals surface area contributed by atoms with Gasteiger partial charge in [-0.2, -0.15) is 11.8 Å². The van der Waals surface area contributed by atoms with Crippen LogP contribution in [0.1, 0.15) is 19.3 Å². The molecule has 2 fully saturated rings. The van der Waals surface area contributed by atoms with E-state index in [1.54, 1.807) is 7.05 Å². The number of carbonyl (C=O) groups excluding carboxylic acids is 1. The molecule has 2 saturated heterocycles. The number of aliphatic imine (C=N–C) groups is 1. The van der Waals surface area contributed by atoms with E-state index in [0.29, 0.717) is 12.3 Å². The topological polar surface area (TPSA) is 60.0 Å². The summed E-state index contributed by atoms with van der Waals surface area (Å²) in [7, 11) is 3.57. The molecule has 2 N–H and O–H groups in total. The van der Waals surface area contributed by atoms with Crippen molar-refractivity contribution in [3.05, 3.63) is 0 Å². The Morgan fingerprint density at radius 2 is 1.88 bits per heavy atom. The number of rotatable bonds is 5. The molecule has 0 bridgehead atoms. The number of thioether (sulfide) groups is 1. The van der Waals surface area contributed by atoms with Gasteiger partial charge in [0.2, 0.25) is 5.91 Å². The number of hydrogen-bond acceptors (Lipinski definition) is 4. The Bertz CT molecular complexity index is 396. The summed E-state index contributed by atoms with van der Waals surface area (Å²) in [5.74, 6) is 4.19. The zero-order chi connectivity index (χ0) is 16.5. The van der Waals surface area contributed by atoms with Crippen molar-refractivity contribution in [2.45, 2.75) is 19.3 Å². The van der Waals surface area contributed by atoms with Crippen molar-refractivity contribution in [2.75, 3.05) is 64.9 Å². The average Bonchev–Trinajstić information content (AvgIpc) is 2.60. The van der Waals surface area contributed by atoms with Crippen molar-refractivity contribution < 1.29 is 4.79 Å². The highest BCUT2D eigenvalue weighted by molar-refractivity contribution is 14.0. The molecule has 0 aliphatic carbocycles. The van der Waals surface area contributed by atoms with Gasteiger partial charge in [-0.15, -0.1) is 24.0 Å². The van der Waals surface area contributed by atoms with E-state index in [9.17, 15) is 4.79 Å². The van der Waals surface area contributed by atoms with Crippen LogP contribution in [0.4, 0.5) is 0 Å². The summed E-state index contributed by atoms with van der Waals surface area (Å²) >= 11 is 2.05. The normalized spacial score (nSPS) is 20.4. The van der Waals surface area contributed by atoms with Crippen molar-refractivity contribution in [2.24, 2.45) is 10.9 Å². The standard InChI is InChI=1S/C16H31N5OS.HI/c1-17-15(22)13-14-3-6-21(7-4-14)16(18-2)19-5-8-20-9-11-23-12-10-20;/h14H,3-13H2,1-2H3,(H,17,22)(H,18,19);1H. The van der Waals surface area contributed by atoms with Crippen molar-refractivity contribution in [1.29, 1.82) is 0 Å². The Morgan fingerprint density at radius 1 is 1.21 bits per heavy atom. The third-order valence-electron chi connectivity index (χ3n) is 4.69. The Morgan fingerprint density at radius 3 is 2.46 bits per heavy atom. The number of piperidine rings is 1. The monoisotopic (exact) mass is 469 g/mol. The van der Waals surface area contributed by atoms with Crippen molar-refractivity contribution in [3.8, 4) is 0 Å². The summed E-state index contributed by atoms with van der Waals surface area (Å²) in [5.41, 5.74) is 0. The molecule has 0 atom stereocenters. The molecule has 0 aromatic rings. The second-order valence-corrected chi connectivity index (χ2v) is 7.46. The third-order valence-corrected chi connectivity index (χ3v) is 5.64. The predicted octanol–water partition coefficient (Wildman–Crippen LogP) is 1.08. The van der Waals surface area contributed by atoms with Gasteiger partial charge in [0.05, 0.1) is 0 Å². The van der Waals surface area contributed by atoms with Crippen LogP contribution in [0, 0.1) is 5.92 Å². The fraction of sp³-hybridized carbons (Fsp3) is 0.875. The van der Waals surface area contributed by atoms with E-state index in [2.05, 4.69) is 25.4 Å². The molecule has 0 saturated carbocycles. The maximum Gasteiger partial charge on any atom is 0.220 e. The van der Waals surface area contributed by atoms with Crippen LogP contribution in [0.25, 0.3) is 0 Å². The second-order valence-electron chi connectivity index (χ2n) is 6.24. The highest BCUT2D eigenvalue weighted by Gasteiger charge is 2.23. The van der Waals surface area contributed by atoms with Gasteiger partial charge in [0.1, 0.15) is 0 Å². The number of nitrogens with zero attached hydrogens (tertiary/aromatic N) is 3. The third kappa shape index (κ3) is 7.35. The summed E-state index contributed by atoms with van der Waals surface area (Å²) in [6.45, 7) is 6.43. The van der Waals surface area contributed by atoms with Crippen LogP contribution in [-0.4, -0.2) is 86.5 Å². The maximum absolute atomic E-state index is 11.5. The number of guanidine groups is 1. The summed E-state index contributed by atoms with van der Waals surface area (Å²) in [5, 5.41) is 6.22. The van der Waals surface area contributed by atoms with E-state index in [1.165, 1.54) is 24.6 Å². The summed E-state index contributed by atoms with van der Waals surface area (Å²) in [6.07, 6.45) is 2.79. The lowest BCUT2D eigenvalue weighted by Crippen LogP contribution is -2.48. The fourth-order valence-electron chi connectivity index (χ4n) is 3.20. The average molecular weight is 469 g/mol. The van der Waals surface area contributed by atoms with Crippen molar-refractivity contribution >= 4 is 47.6 Å². The minimum atomic E-state index is 0. The van der Waals surface area contributed by atoms with E-state index < -0.39 is 0 Å². The Labute approximate surface area is 167 Å². The maximum atomic E-state index is 11.5. The Hall–Kier alpha value is -0.220. The molecule has 1 amide bonds. The van der Waals surface area contributed by atoms with Crippen molar-refractivity contribution in [3.63, 3.8) is 0 Å². The molecule has 0 unspecified atom stereocenters. The van der Waals surface area contributed by atoms with Crippen LogP contribution in [0.15, 0.2) is 4.99 Å². The van der Waals surface area contributed by atoms with Gasteiger partial charge in [0, 0.05) is 71.3 Å². The van der Waals surface area contributed by atoms with E-state index in [0.717, 1.165) is 45.0 Å². The highest BCUT2D eigenvalue weighted by Crippen LogP contribution is 2.20. The van der Waals surface area contributed by atoms with Crippen LogP contribution in [-0.2, 0) is 4.79 Å².